The number of ketones is 1. The van der Waals surface area contributed by atoms with Gasteiger partial charge in [-0.05, 0) is 67.3 Å². The van der Waals surface area contributed by atoms with Gasteiger partial charge >= 0.3 is 11.9 Å². The number of likely N-dealkylation sites (N-methyl/N-ethyl adjacent to an activating group) is 1. The number of para-hydroxylation sites is 1. The van der Waals surface area contributed by atoms with Crippen LogP contribution < -0.4 is 9.64 Å². The van der Waals surface area contributed by atoms with Gasteiger partial charge in [-0.25, -0.2) is 4.79 Å². The first kappa shape index (κ1) is 38.3. The van der Waals surface area contributed by atoms with Crippen molar-refractivity contribution < 1.29 is 38.8 Å². The molecular formula is C45H56N4O8. The highest BCUT2D eigenvalue weighted by Crippen LogP contribution is 2.68. The lowest BCUT2D eigenvalue weighted by Crippen LogP contribution is -2.81. The standard InChI is InChI=1S/C45H56N4O8/c1-7-27-18-28-21-44(36(52)25-50,37-30(24-48(22-27)23-28)29-12-9-10-13-33(29)46-37)32-19-31-34(20-35(32)55-5)47(4)39-43(31)15-17-49-16-11-14-42(8-2,38(43)49)40(57-26(3)51)45(39,54)41(53)56-6/h9-14,19-20,27-28,38-40,46,50,54H,7-8,15-18,21-25H2,1-6H3/t27?,28-,38+,39+,40+,42-,43+,44+,45-/m0/s1. The molecule has 1 aliphatic carbocycles. The maximum Gasteiger partial charge on any atom is 0.344 e. The van der Waals surface area contributed by atoms with E-state index in [-0.39, 0.29) is 17.7 Å². The number of esters is 2. The van der Waals surface area contributed by atoms with Gasteiger partial charge in [0, 0.05) is 90.9 Å². The van der Waals surface area contributed by atoms with E-state index in [9.17, 15) is 19.8 Å². The molecule has 2 bridgehead atoms. The SMILES string of the molecule is CCC1C[C@@H]2CN(Cc3c([nH]c4ccccc34)[C@@](C(=O)CO)(c3cc4c(cc3OC)N(C)[C@H]3[C@@](O)(C(=O)OC)[C@H](OC(C)=O)[C@@]5(CC)C=CCN6CC[C@]43[C@H]65)C2)C1. The number of nitrogens with one attached hydrogen (secondary N) is 1. The number of methoxy groups -OCH3 is 2. The van der Waals surface area contributed by atoms with Gasteiger partial charge in [-0.15, -0.1) is 0 Å². The maximum absolute atomic E-state index is 15.2. The molecule has 3 fully saturated rings. The van der Waals surface area contributed by atoms with Gasteiger partial charge in [0.1, 0.15) is 17.8 Å². The third kappa shape index (κ3) is 4.90. The molecule has 3 N–H and O–H groups in total. The zero-order valence-electron chi connectivity index (χ0n) is 34.0. The van der Waals surface area contributed by atoms with Gasteiger partial charge in [-0.3, -0.25) is 19.4 Å². The van der Waals surface area contributed by atoms with Crippen molar-refractivity contribution in [2.45, 2.75) is 94.0 Å². The fraction of sp³-hybridized carbons (Fsp3) is 0.578. The van der Waals surface area contributed by atoms with Gasteiger partial charge in [0.25, 0.3) is 0 Å². The number of carbonyl (C=O) groups excluding carboxylic acids is 3. The minimum absolute atomic E-state index is 0.159. The van der Waals surface area contributed by atoms with E-state index in [4.69, 9.17) is 14.2 Å². The number of aromatic amines is 1. The van der Waals surface area contributed by atoms with Crippen LogP contribution in [0.15, 0.2) is 48.6 Å². The first-order valence-corrected chi connectivity index (χ1v) is 20.7. The number of carbonyl (C=O) groups is 3. The Bertz CT molecular complexity index is 2180. The Hall–Kier alpha value is -4.23. The largest absolute Gasteiger partial charge is 0.496 e. The molecule has 304 valence electrons. The minimum atomic E-state index is -2.28. The highest BCUT2D eigenvalue weighted by Gasteiger charge is 2.80. The summed E-state index contributed by atoms with van der Waals surface area (Å²) in [7, 11) is 4.74. The number of aromatic nitrogens is 1. The van der Waals surface area contributed by atoms with Crippen molar-refractivity contribution in [1.82, 2.24) is 14.8 Å². The fourth-order valence-corrected chi connectivity index (χ4v) is 13.4. The smallest absolute Gasteiger partial charge is 0.344 e. The van der Waals surface area contributed by atoms with E-state index < -0.39 is 52.5 Å². The van der Waals surface area contributed by atoms with Gasteiger partial charge in [0.2, 0.25) is 5.60 Å². The van der Waals surface area contributed by atoms with Gasteiger partial charge in [0.15, 0.2) is 11.9 Å². The Morgan fingerprint density at radius 2 is 1.84 bits per heavy atom. The van der Waals surface area contributed by atoms with Crippen LogP contribution in [-0.2, 0) is 41.2 Å². The molecule has 9 rings (SSSR count). The summed E-state index contributed by atoms with van der Waals surface area (Å²) in [5.74, 6) is -0.643. The average molecular weight is 781 g/mol. The van der Waals surface area contributed by atoms with E-state index in [1.165, 1.54) is 14.0 Å². The number of hydrogen-bond donors (Lipinski definition) is 3. The molecule has 1 aromatic heterocycles. The van der Waals surface area contributed by atoms with Crippen molar-refractivity contribution in [3.05, 3.63) is 70.9 Å². The summed E-state index contributed by atoms with van der Waals surface area (Å²) in [5, 5.41) is 25.4. The first-order chi connectivity index (χ1) is 27.4. The van der Waals surface area contributed by atoms with Crippen molar-refractivity contribution in [3.8, 4) is 5.75 Å². The van der Waals surface area contributed by atoms with Crippen molar-refractivity contribution in [3.63, 3.8) is 0 Å². The van der Waals surface area contributed by atoms with E-state index in [0.29, 0.717) is 56.1 Å². The van der Waals surface area contributed by atoms with Crippen LogP contribution in [0.3, 0.4) is 0 Å². The summed E-state index contributed by atoms with van der Waals surface area (Å²) >= 11 is 0. The van der Waals surface area contributed by atoms with E-state index in [0.717, 1.165) is 59.3 Å². The number of ether oxygens (including phenoxy) is 3. The molecule has 6 heterocycles. The molecule has 0 radical (unpaired) electrons. The zero-order chi connectivity index (χ0) is 40.2. The number of piperidine rings is 1. The molecule has 3 aromatic rings. The molecule has 1 saturated carbocycles. The van der Waals surface area contributed by atoms with Crippen molar-refractivity contribution in [2.75, 3.05) is 59.0 Å². The molecule has 5 aliphatic heterocycles. The second-order valence-electron chi connectivity index (χ2n) is 17.7. The van der Waals surface area contributed by atoms with Gasteiger partial charge in [-0.1, -0.05) is 50.6 Å². The summed E-state index contributed by atoms with van der Waals surface area (Å²) < 4.78 is 17.9. The highest BCUT2D eigenvalue weighted by molar-refractivity contribution is 5.99. The lowest BCUT2D eigenvalue weighted by Gasteiger charge is -2.63. The number of benzene rings is 2. The Kier molecular flexibility index (Phi) is 9.01. The van der Waals surface area contributed by atoms with E-state index >= 15 is 4.79 Å². The number of rotatable bonds is 8. The summed E-state index contributed by atoms with van der Waals surface area (Å²) in [6, 6.07) is 11.1. The first-order valence-electron chi connectivity index (χ1n) is 20.7. The van der Waals surface area contributed by atoms with Crippen LogP contribution in [0, 0.1) is 17.3 Å². The Labute approximate surface area is 334 Å². The van der Waals surface area contributed by atoms with Crippen molar-refractivity contribution >= 4 is 34.3 Å². The summed E-state index contributed by atoms with van der Waals surface area (Å²) in [6.45, 7) is 8.74. The molecular weight excluding hydrogens is 725 g/mol. The van der Waals surface area contributed by atoms with Crippen molar-refractivity contribution in [1.29, 1.82) is 0 Å². The zero-order valence-corrected chi connectivity index (χ0v) is 34.0. The molecule has 12 nitrogen and oxygen atoms in total. The second kappa shape index (κ2) is 13.4. The second-order valence-corrected chi connectivity index (χ2v) is 17.7. The molecule has 6 aliphatic rings. The van der Waals surface area contributed by atoms with Crippen LogP contribution in [0.4, 0.5) is 5.69 Å². The van der Waals surface area contributed by atoms with Crippen molar-refractivity contribution in [2.24, 2.45) is 17.3 Å². The number of anilines is 1. The molecule has 12 heteroatoms. The van der Waals surface area contributed by atoms with Crippen LogP contribution >= 0.6 is 0 Å². The van der Waals surface area contributed by atoms with Gasteiger partial charge < -0.3 is 34.3 Å². The maximum atomic E-state index is 15.2. The number of hydrogen-bond acceptors (Lipinski definition) is 11. The van der Waals surface area contributed by atoms with Gasteiger partial charge in [-0.2, -0.15) is 0 Å². The van der Waals surface area contributed by atoms with E-state index in [1.54, 1.807) is 7.11 Å². The Morgan fingerprint density at radius 3 is 2.54 bits per heavy atom. The highest BCUT2D eigenvalue weighted by atomic mass is 16.6. The topological polar surface area (TPSA) is 145 Å². The van der Waals surface area contributed by atoms with Crippen LogP contribution in [0.25, 0.3) is 10.9 Å². The lowest BCUT2D eigenvalue weighted by molar-refractivity contribution is -0.228. The van der Waals surface area contributed by atoms with E-state index in [2.05, 4.69) is 46.0 Å². The molecule has 2 aromatic carbocycles. The molecule has 2 saturated heterocycles. The molecule has 10 atom stereocenters. The molecule has 0 amide bonds. The number of fused-ring (bicyclic) bond motifs is 6. The van der Waals surface area contributed by atoms with Crippen LogP contribution in [0.5, 0.6) is 5.75 Å². The quantitative estimate of drug-likeness (QED) is 0.223. The number of aliphatic hydroxyl groups excluding tert-OH is 1. The van der Waals surface area contributed by atoms with Crippen LogP contribution in [-0.4, -0.2) is 121 Å². The number of H-pyrrole nitrogens is 1. The predicted octanol–water partition coefficient (Wildman–Crippen LogP) is 4.22. The lowest BCUT2D eigenvalue weighted by atomic mass is 9.47. The molecule has 1 spiro atoms. The number of aliphatic hydroxyl groups is 2. The fourth-order valence-electron chi connectivity index (χ4n) is 13.4. The van der Waals surface area contributed by atoms with Crippen LogP contribution in [0.1, 0.15) is 75.3 Å². The minimum Gasteiger partial charge on any atom is -0.496 e. The predicted molar refractivity (Wildman–Crippen MR) is 214 cm³/mol. The third-order valence-corrected chi connectivity index (χ3v) is 15.3. The average Bonchev–Trinajstić information content (AvgIpc) is 3.87. The summed E-state index contributed by atoms with van der Waals surface area (Å²) in [5.41, 5.74) is -0.349. The molecule has 2 unspecified atom stereocenters. The normalized spacial score (nSPS) is 36.4. The number of Topliss-reactive ketones (excluding diaryl/α,β-unsaturated/α-hetero) is 1. The summed E-state index contributed by atoms with van der Waals surface area (Å²) in [6.07, 6.45) is 6.41. The summed E-state index contributed by atoms with van der Waals surface area (Å²) in [4.78, 5) is 53.1. The Balaban J connectivity index is 1.36. The Morgan fingerprint density at radius 1 is 1.05 bits per heavy atom. The van der Waals surface area contributed by atoms with Crippen LogP contribution in [0.2, 0.25) is 0 Å². The third-order valence-electron chi connectivity index (χ3n) is 15.3. The van der Waals surface area contributed by atoms with Gasteiger partial charge in [0.05, 0.1) is 20.3 Å². The van der Waals surface area contributed by atoms with E-state index in [1.807, 2.05) is 43.1 Å². The number of nitrogens with zero attached hydrogens (tertiary/aromatic N) is 3. The monoisotopic (exact) mass is 780 g/mol. The molecule has 57 heavy (non-hydrogen) atoms.